The van der Waals surface area contributed by atoms with Gasteiger partial charge in [-0.05, 0) is 43.0 Å². The molecule has 1 aromatic carbocycles. The molecule has 1 aliphatic carbocycles. The second kappa shape index (κ2) is 7.06. The van der Waals surface area contributed by atoms with Gasteiger partial charge in [0.2, 0.25) is 0 Å². The first-order valence-corrected chi connectivity index (χ1v) is 7.13. The molecule has 1 aromatic rings. The Morgan fingerprint density at radius 2 is 2.20 bits per heavy atom. The van der Waals surface area contributed by atoms with Crippen molar-refractivity contribution in [2.75, 3.05) is 6.54 Å². The monoisotopic (exact) mass is 272 g/mol. The highest BCUT2D eigenvalue weighted by molar-refractivity contribution is 5.70. The van der Waals surface area contributed by atoms with Gasteiger partial charge in [-0.3, -0.25) is 4.79 Å². The number of nitrogens with one attached hydrogen (secondary N) is 1. The van der Waals surface area contributed by atoms with Crippen molar-refractivity contribution in [2.45, 2.75) is 32.2 Å². The highest BCUT2D eigenvalue weighted by atomic mass is 16.4. The first-order valence-electron chi connectivity index (χ1n) is 7.13. The SMILES string of the molecule is N#Cc1cccc(CNCC2CCCCC2C(=O)O)c1. The second-order valence-corrected chi connectivity index (χ2v) is 5.43. The Bertz CT molecular complexity index is 507. The summed E-state index contributed by atoms with van der Waals surface area (Å²) in [4.78, 5) is 11.2. The number of benzene rings is 1. The molecule has 0 bridgehead atoms. The van der Waals surface area contributed by atoms with E-state index in [4.69, 9.17) is 5.26 Å². The van der Waals surface area contributed by atoms with E-state index in [1.165, 1.54) is 0 Å². The maximum Gasteiger partial charge on any atom is 0.306 e. The lowest BCUT2D eigenvalue weighted by Gasteiger charge is -2.28. The first kappa shape index (κ1) is 14.5. The average molecular weight is 272 g/mol. The van der Waals surface area contributed by atoms with Crippen LogP contribution in [0, 0.1) is 23.2 Å². The lowest BCUT2D eigenvalue weighted by Crippen LogP contribution is -2.34. The Kier molecular flexibility index (Phi) is 5.14. The molecule has 106 valence electrons. The molecule has 0 amide bonds. The minimum absolute atomic E-state index is 0.207. The van der Waals surface area contributed by atoms with Gasteiger partial charge in [0.25, 0.3) is 0 Å². The zero-order valence-electron chi connectivity index (χ0n) is 11.5. The molecule has 1 aliphatic rings. The summed E-state index contributed by atoms with van der Waals surface area (Å²) in [5, 5.41) is 21.4. The van der Waals surface area contributed by atoms with Gasteiger partial charge in [-0.25, -0.2) is 0 Å². The summed E-state index contributed by atoms with van der Waals surface area (Å²) in [6, 6.07) is 9.62. The summed E-state index contributed by atoms with van der Waals surface area (Å²) < 4.78 is 0. The van der Waals surface area contributed by atoms with Crippen molar-refractivity contribution in [3.05, 3.63) is 35.4 Å². The molecule has 4 nitrogen and oxygen atoms in total. The molecule has 1 saturated carbocycles. The number of rotatable bonds is 5. The predicted octanol–water partition coefficient (Wildman–Crippen LogP) is 2.54. The zero-order valence-corrected chi connectivity index (χ0v) is 11.5. The van der Waals surface area contributed by atoms with E-state index in [-0.39, 0.29) is 11.8 Å². The van der Waals surface area contributed by atoms with Crippen LogP contribution in [0.5, 0.6) is 0 Å². The molecule has 0 aromatic heterocycles. The highest BCUT2D eigenvalue weighted by Gasteiger charge is 2.30. The summed E-state index contributed by atoms with van der Waals surface area (Å²) in [6.07, 6.45) is 3.94. The van der Waals surface area contributed by atoms with Gasteiger partial charge in [0.05, 0.1) is 17.6 Å². The van der Waals surface area contributed by atoms with Crippen LogP contribution in [-0.4, -0.2) is 17.6 Å². The molecule has 0 heterocycles. The Balaban J connectivity index is 1.85. The minimum Gasteiger partial charge on any atom is -0.481 e. The van der Waals surface area contributed by atoms with Crippen LogP contribution in [0.2, 0.25) is 0 Å². The summed E-state index contributed by atoms with van der Waals surface area (Å²) in [7, 11) is 0. The molecule has 0 aliphatic heterocycles. The lowest BCUT2D eigenvalue weighted by atomic mass is 9.79. The van der Waals surface area contributed by atoms with Gasteiger partial charge in [0.15, 0.2) is 0 Å². The van der Waals surface area contributed by atoms with Gasteiger partial charge < -0.3 is 10.4 Å². The molecular weight excluding hydrogens is 252 g/mol. The van der Waals surface area contributed by atoms with E-state index in [1.54, 1.807) is 6.07 Å². The van der Waals surface area contributed by atoms with Gasteiger partial charge >= 0.3 is 5.97 Å². The van der Waals surface area contributed by atoms with Crippen molar-refractivity contribution >= 4 is 5.97 Å². The average Bonchev–Trinajstić information content (AvgIpc) is 2.48. The number of hydrogen-bond acceptors (Lipinski definition) is 3. The van der Waals surface area contributed by atoms with Gasteiger partial charge in [0.1, 0.15) is 0 Å². The number of aliphatic carboxylic acids is 1. The van der Waals surface area contributed by atoms with Crippen molar-refractivity contribution in [2.24, 2.45) is 11.8 Å². The van der Waals surface area contributed by atoms with Gasteiger partial charge in [0, 0.05) is 6.54 Å². The zero-order chi connectivity index (χ0) is 14.4. The third-order valence-electron chi connectivity index (χ3n) is 4.02. The molecule has 2 rings (SSSR count). The van der Waals surface area contributed by atoms with Crippen LogP contribution in [0.1, 0.15) is 36.8 Å². The minimum atomic E-state index is -0.664. The normalized spacial score (nSPS) is 22.1. The van der Waals surface area contributed by atoms with Crippen LogP contribution in [0.25, 0.3) is 0 Å². The first-order chi connectivity index (χ1) is 9.70. The second-order valence-electron chi connectivity index (χ2n) is 5.43. The molecule has 1 fully saturated rings. The quantitative estimate of drug-likeness (QED) is 0.864. The van der Waals surface area contributed by atoms with E-state index in [2.05, 4.69) is 11.4 Å². The fourth-order valence-electron chi connectivity index (χ4n) is 2.93. The number of nitrogens with zero attached hydrogens (tertiary/aromatic N) is 1. The van der Waals surface area contributed by atoms with Crippen molar-refractivity contribution in [1.29, 1.82) is 5.26 Å². The number of nitriles is 1. The third kappa shape index (κ3) is 3.82. The van der Waals surface area contributed by atoms with Crippen molar-refractivity contribution in [3.63, 3.8) is 0 Å². The summed E-state index contributed by atoms with van der Waals surface area (Å²) in [5.74, 6) is -0.648. The lowest BCUT2D eigenvalue weighted by molar-refractivity contribution is -0.144. The van der Waals surface area contributed by atoms with Crippen LogP contribution in [-0.2, 0) is 11.3 Å². The van der Waals surface area contributed by atoms with E-state index in [9.17, 15) is 9.90 Å². The van der Waals surface area contributed by atoms with E-state index in [1.807, 2.05) is 18.2 Å². The standard InChI is InChI=1S/C16H20N2O2/c17-9-12-4-3-5-13(8-12)10-18-11-14-6-1-2-7-15(14)16(19)20/h3-5,8,14-15,18H,1-2,6-7,10-11H2,(H,19,20). The number of carboxylic acids is 1. The van der Waals surface area contributed by atoms with Gasteiger partial charge in [-0.2, -0.15) is 5.26 Å². The smallest absolute Gasteiger partial charge is 0.306 e. The van der Waals surface area contributed by atoms with Crippen LogP contribution >= 0.6 is 0 Å². The third-order valence-corrected chi connectivity index (χ3v) is 4.02. The molecule has 4 heteroatoms. The summed E-state index contributed by atoms with van der Waals surface area (Å²) in [6.45, 7) is 1.41. The van der Waals surface area contributed by atoms with Gasteiger partial charge in [-0.1, -0.05) is 25.0 Å². The van der Waals surface area contributed by atoms with Crippen LogP contribution in [0.3, 0.4) is 0 Å². The van der Waals surface area contributed by atoms with Crippen LogP contribution in [0.4, 0.5) is 0 Å². The Morgan fingerprint density at radius 1 is 1.40 bits per heavy atom. The summed E-state index contributed by atoms with van der Waals surface area (Å²) >= 11 is 0. The van der Waals surface area contributed by atoms with Gasteiger partial charge in [-0.15, -0.1) is 0 Å². The summed E-state index contributed by atoms with van der Waals surface area (Å²) in [5.41, 5.74) is 1.72. The molecule has 0 saturated heterocycles. The van der Waals surface area contributed by atoms with Crippen molar-refractivity contribution < 1.29 is 9.90 Å². The molecule has 2 N–H and O–H groups in total. The Hall–Kier alpha value is -1.86. The van der Waals surface area contributed by atoms with Crippen LogP contribution in [0.15, 0.2) is 24.3 Å². The topological polar surface area (TPSA) is 73.1 Å². The van der Waals surface area contributed by atoms with Crippen molar-refractivity contribution in [1.82, 2.24) is 5.32 Å². The maximum absolute atomic E-state index is 11.2. The molecule has 0 spiro atoms. The van der Waals surface area contributed by atoms with Crippen LogP contribution < -0.4 is 5.32 Å². The van der Waals surface area contributed by atoms with E-state index in [0.717, 1.165) is 37.8 Å². The molecule has 2 unspecified atom stereocenters. The predicted molar refractivity (Wildman–Crippen MR) is 75.9 cm³/mol. The number of carbonyl (C=O) groups is 1. The van der Waals surface area contributed by atoms with E-state index < -0.39 is 5.97 Å². The molecular formula is C16H20N2O2. The molecule has 2 atom stereocenters. The number of carboxylic acid groups (broad SMARTS) is 1. The van der Waals surface area contributed by atoms with E-state index in [0.29, 0.717) is 12.1 Å². The molecule has 20 heavy (non-hydrogen) atoms. The largest absolute Gasteiger partial charge is 0.481 e. The maximum atomic E-state index is 11.2. The highest BCUT2D eigenvalue weighted by Crippen LogP contribution is 2.29. The molecule has 0 radical (unpaired) electrons. The van der Waals surface area contributed by atoms with E-state index >= 15 is 0 Å². The fourth-order valence-corrected chi connectivity index (χ4v) is 2.93. The number of hydrogen-bond donors (Lipinski definition) is 2. The Morgan fingerprint density at radius 3 is 2.95 bits per heavy atom. The fraction of sp³-hybridized carbons (Fsp3) is 0.500. The Labute approximate surface area is 119 Å². The van der Waals surface area contributed by atoms with Crippen molar-refractivity contribution in [3.8, 4) is 6.07 Å².